The van der Waals surface area contributed by atoms with E-state index in [1.807, 2.05) is 68.6 Å². The molecule has 0 bridgehead atoms. The first-order valence-corrected chi connectivity index (χ1v) is 7.03. The van der Waals surface area contributed by atoms with Gasteiger partial charge in [-0.2, -0.15) is 0 Å². The van der Waals surface area contributed by atoms with Crippen LogP contribution in [0.15, 0.2) is 54.6 Å². The quantitative estimate of drug-likeness (QED) is 0.838. The standard InChI is InChI=1S/C18H21NO2/c1-14(16-7-5-4-6-8-16)19(2)18(20)17-11-9-15(10-12-17)13-21-3/h4-12,14H,13H2,1-3H3. The highest BCUT2D eigenvalue weighted by Crippen LogP contribution is 2.20. The van der Waals surface area contributed by atoms with Gasteiger partial charge < -0.3 is 9.64 Å². The second-order valence-corrected chi connectivity index (χ2v) is 5.13. The van der Waals surface area contributed by atoms with Crippen LogP contribution in [0.25, 0.3) is 0 Å². The summed E-state index contributed by atoms with van der Waals surface area (Å²) in [6.07, 6.45) is 0. The lowest BCUT2D eigenvalue weighted by atomic mass is 10.1. The highest BCUT2D eigenvalue weighted by atomic mass is 16.5. The van der Waals surface area contributed by atoms with Gasteiger partial charge in [0.1, 0.15) is 0 Å². The highest BCUT2D eigenvalue weighted by Gasteiger charge is 2.18. The fourth-order valence-electron chi connectivity index (χ4n) is 2.24. The molecule has 2 rings (SSSR count). The molecule has 21 heavy (non-hydrogen) atoms. The van der Waals surface area contributed by atoms with E-state index in [0.717, 1.165) is 11.1 Å². The average molecular weight is 283 g/mol. The van der Waals surface area contributed by atoms with Gasteiger partial charge in [0, 0.05) is 19.7 Å². The van der Waals surface area contributed by atoms with E-state index >= 15 is 0 Å². The third-order valence-corrected chi connectivity index (χ3v) is 3.70. The molecule has 0 N–H and O–H groups in total. The van der Waals surface area contributed by atoms with Crippen molar-refractivity contribution in [2.24, 2.45) is 0 Å². The molecule has 1 atom stereocenters. The molecule has 0 aliphatic rings. The monoisotopic (exact) mass is 283 g/mol. The number of rotatable bonds is 5. The minimum atomic E-state index is 0.0234. The third kappa shape index (κ3) is 3.70. The smallest absolute Gasteiger partial charge is 0.254 e. The second kappa shape index (κ2) is 7.04. The summed E-state index contributed by atoms with van der Waals surface area (Å²) in [4.78, 5) is 14.3. The van der Waals surface area contributed by atoms with E-state index < -0.39 is 0 Å². The molecule has 1 unspecified atom stereocenters. The summed E-state index contributed by atoms with van der Waals surface area (Å²) in [5, 5.41) is 0. The molecule has 0 aliphatic carbocycles. The van der Waals surface area contributed by atoms with Crippen LogP contribution in [0.2, 0.25) is 0 Å². The van der Waals surface area contributed by atoms with Crippen LogP contribution in [0.3, 0.4) is 0 Å². The maximum Gasteiger partial charge on any atom is 0.254 e. The predicted octanol–water partition coefficient (Wildman–Crippen LogP) is 3.67. The molecular formula is C18H21NO2. The fourth-order valence-corrected chi connectivity index (χ4v) is 2.24. The van der Waals surface area contributed by atoms with Gasteiger partial charge >= 0.3 is 0 Å². The van der Waals surface area contributed by atoms with Crippen molar-refractivity contribution in [3.63, 3.8) is 0 Å². The largest absolute Gasteiger partial charge is 0.380 e. The summed E-state index contributed by atoms with van der Waals surface area (Å²) in [6.45, 7) is 2.59. The van der Waals surface area contributed by atoms with Crippen LogP contribution in [0.5, 0.6) is 0 Å². The van der Waals surface area contributed by atoms with Gasteiger partial charge in [-0.05, 0) is 30.2 Å². The Bertz CT molecular complexity index is 578. The Kier molecular flexibility index (Phi) is 5.12. The number of ether oxygens (including phenoxy) is 1. The average Bonchev–Trinajstić information content (AvgIpc) is 2.54. The van der Waals surface area contributed by atoms with Crippen LogP contribution in [0.4, 0.5) is 0 Å². The van der Waals surface area contributed by atoms with E-state index in [1.54, 1.807) is 12.0 Å². The summed E-state index contributed by atoms with van der Waals surface area (Å²) in [5.41, 5.74) is 2.89. The number of hydrogen-bond donors (Lipinski definition) is 0. The molecule has 0 saturated heterocycles. The Morgan fingerprint density at radius 2 is 1.71 bits per heavy atom. The molecule has 3 nitrogen and oxygen atoms in total. The Morgan fingerprint density at radius 1 is 1.10 bits per heavy atom. The molecule has 0 heterocycles. The molecule has 0 radical (unpaired) electrons. The van der Waals surface area contributed by atoms with Crippen molar-refractivity contribution >= 4 is 5.91 Å². The van der Waals surface area contributed by atoms with Crippen LogP contribution in [-0.2, 0) is 11.3 Å². The van der Waals surface area contributed by atoms with Gasteiger partial charge in [0.2, 0.25) is 0 Å². The minimum Gasteiger partial charge on any atom is -0.380 e. The highest BCUT2D eigenvalue weighted by molar-refractivity contribution is 5.94. The maximum atomic E-state index is 12.5. The second-order valence-electron chi connectivity index (χ2n) is 5.13. The molecule has 0 aliphatic heterocycles. The van der Waals surface area contributed by atoms with E-state index in [0.29, 0.717) is 12.2 Å². The molecule has 2 aromatic carbocycles. The van der Waals surface area contributed by atoms with Gasteiger partial charge in [-0.15, -0.1) is 0 Å². The summed E-state index contributed by atoms with van der Waals surface area (Å²) >= 11 is 0. The van der Waals surface area contributed by atoms with E-state index in [2.05, 4.69) is 0 Å². The molecule has 2 aromatic rings. The molecule has 0 aromatic heterocycles. The topological polar surface area (TPSA) is 29.5 Å². The summed E-state index contributed by atoms with van der Waals surface area (Å²) in [6, 6.07) is 17.6. The number of amides is 1. The number of methoxy groups -OCH3 is 1. The van der Waals surface area contributed by atoms with Crippen LogP contribution in [0, 0.1) is 0 Å². The molecule has 0 fully saturated rings. The minimum absolute atomic E-state index is 0.0234. The zero-order valence-corrected chi connectivity index (χ0v) is 12.7. The van der Waals surface area contributed by atoms with Gasteiger partial charge in [0.25, 0.3) is 5.91 Å². The van der Waals surface area contributed by atoms with Crippen LogP contribution < -0.4 is 0 Å². The van der Waals surface area contributed by atoms with E-state index in [-0.39, 0.29) is 11.9 Å². The SMILES string of the molecule is COCc1ccc(C(=O)N(C)C(C)c2ccccc2)cc1. The van der Waals surface area contributed by atoms with Crippen molar-refractivity contribution in [2.45, 2.75) is 19.6 Å². The lowest BCUT2D eigenvalue weighted by Gasteiger charge is -2.25. The summed E-state index contributed by atoms with van der Waals surface area (Å²) < 4.78 is 5.08. The van der Waals surface area contributed by atoms with Crippen LogP contribution in [-0.4, -0.2) is 25.0 Å². The van der Waals surface area contributed by atoms with Crippen molar-refractivity contribution in [2.75, 3.05) is 14.2 Å². The molecular weight excluding hydrogens is 262 g/mol. The summed E-state index contributed by atoms with van der Waals surface area (Å²) in [5.74, 6) is 0.0234. The van der Waals surface area contributed by atoms with E-state index in [1.165, 1.54) is 0 Å². The van der Waals surface area contributed by atoms with E-state index in [4.69, 9.17) is 4.74 Å². The first kappa shape index (κ1) is 15.3. The van der Waals surface area contributed by atoms with Gasteiger partial charge in [0.05, 0.1) is 12.6 Å². The normalized spacial score (nSPS) is 12.0. The van der Waals surface area contributed by atoms with Crippen molar-refractivity contribution in [3.8, 4) is 0 Å². The number of carbonyl (C=O) groups excluding carboxylic acids is 1. The Hall–Kier alpha value is -2.13. The predicted molar refractivity (Wildman–Crippen MR) is 84.1 cm³/mol. The first-order chi connectivity index (χ1) is 10.1. The Morgan fingerprint density at radius 3 is 2.29 bits per heavy atom. The maximum absolute atomic E-state index is 12.5. The number of nitrogens with zero attached hydrogens (tertiary/aromatic N) is 1. The summed E-state index contributed by atoms with van der Waals surface area (Å²) in [7, 11) is 3.50. The van der Waals surface area contributed by atoms with Crippen molar-refractivity contribution < 1.29 is 9.53 Å². The van der Waals surface area contributed by atoms with Gasteiger partial charge in [0.15, 0.2) is 0 Å². The lowest BCUT2D eigenvalue weighted by molar-refractivity contribution is 0.0742. The molecule has 110 valence electrons. The van der Waals surface area contributed by atoms with Gasteiger partial charge in [-0.3, -0.25) is 4.79 Å². The third-order valence-electron chi connectivity index (χ3n) is 3.70. The van der Waals surface area contributed by atoms with E-state index in [9.17, 15) is 4.79 Å². The van der Waals surface area contributed by atoms with Crippen molar-refractivity contribution in [1.82, 2.24) is 4.90 Å². The Labute approximate surface area is 126 Å². The zero-order valence-electron chi connectivity index (χ0n) is 12.7. The first-order valence-electron chi connectivity index (χ1n) is 7.03. The van der Waals surface area contributed by atoms with Gasteiger partial charge in [-0.1, -0.05) is 42.5 Å². The number of hydrogen-bond acceptors (Lipinski definition) is 2. The van der Waals surface area contributed by atoms with Crippen molar-refractivity contribution in [3.05, 3.63) is 71.3 Å². The van der Waals surface area contributed by atoms with Crippen molar-refractivity contribution in [1.29, 1.82) is 0 Å². The zero-order chi connectivity index (χ0) is 15.2. The van der Waals surface area contributed by atoms with Gasteiger partial charge in [-0.25, -0.2) is 0 Å². The molecule has 0 spiro atoms. The molecule has 1 amide bonds. The number of carbonyl (C=O) groups is 1. The van der Waals surface area contributed by atoms with Crippen LogP contribution in [0.1, 0.15) is 34.5 Å². The molecule has 0 saturated carbocycles. The number of benzene rings is 2. The lowest BCUT2D eigenvalue weighted by Crippen LogP contribution is -2.29. The molecule has 3 heteroatoms. The Balaban J connectivity index is 2.11. The van der Waals surface area contributed by atoms with Crippen LogP contribution >= 0.6 is 0 Å². The fraction of sp³-hybridized carbons (Fsp3) is 0.278.